The van der Waals surface area contributed by atoms with Crippen LogP contribution in [0.2, 0.25) is 0 Å². The molecule has 4 rings (SSSR count). The van der Waals surface area contributed by atoms with Crippen LogP contribution in [0, 0.1) is 12.8 Å². The number of nitrogens with zero attached hydrogens (tertiary/aromatic N) is 2. The number of benzene rings is 1. The summed E-state index contributed by atoms with van der Waals surface area (Å²) in [7, 11) is 0. The Balaban J connectivity index is 1.54. The van der Waals surface area contributed by atoms with Gasteiger partial charge in [-0.15, -0.1) is 0 Å². The first-order valence-electron chi connectivity index (χ1n) is 10.2. The van der Waals surface area contributed by atoms with Crippen molar-refractivity contribution >= 4 is 5.91 Å². The van der Waals surface area contributed by atoms with E-state index in [0.717, 1.165) is 43.5 Å². The van der Waals surface area contributed by atoms with Gasteiger partial charge in [-0.25, -0.2) is 4.98 Å². The maximum atomic E-state index is 12.8. The van der Waals surface area contributed by atoms with Crippen LogP contribution in [0.4, 0.5) is 0 Å². The van der Waals surface area contributed by atoms with Gasteiger partial charge in [0, 0.05) is 30.6 Å². The van der Waals surface area contributed by atoms with E-state index in [2.05, 4.69) is 17.1 Å². The molecule has 2 heterocycles. The van der Waals surface area contributed by atoms with Crippen molar-refractivity contribution in [1.82, 2.24) is 14.9 Å². The molecule has 1 N–H and O–H groups in total. The van der Waals surface area contributed by atoms with E-state index in [1.165, 1.54) is 0 Å². The third-order valence-corrected chi connectivity index (χ3v) is 5.90. The predicted octanol–water partition coefficient (Wildman–Crippen LogP) is 3.69. The first-order valence-corrected chi connectivity index (χ1v) is 10.2. The Bertz CT molecular complexity index is 933. The molecule has 2 aromatic rings. The summed E-state index contributed by atoms with van der Waals surface area (Å²) in [6, 6.07) is 9.83. The second-order valence-electron chi connectivity index (χ2n) is 7.89. The summed E-state index contributed by atoms with van der Waals surface area (Å²) in [5.41, 5.74) is 2.44. The highest BCUT2D eigenvalue weighted by Crippen LogP contribution is 2.32. The molecule has 2 atom stereocenters. The summed E-state index contributed by atoms with van der Waals surface area (Å²) in [5.74, 6) is 1.16. The second kappa shape index (κ2) is 8.13. The molecule has 1 fully saturated rings. The molecule has 0 bridgehead atoms. The van der Waals surface area contributed by atoms with Gasteiger partial charge >= 0.3 is 0 Å². The lowest BCUT2D eigenvalue weighted by Gasteiger charge is -2.25. The van der Waals surface area contributed by atoms with E-state index >= 15 is 0 Å². The number of hydrogen-bond donors (Lipinski definition) is 1. The van der Waals surface area contributed by atoms with Crippen molar-refractivity contribution in [2.75, 3.05) is 6.54 Å². The number of amides is 1. The van der Waals surface area contributed by atoms with Gasteiger partial charge in [0.25, 0.3) is 5.56 Å². The molecule has 1 amide bonds. The first kappa shape index (κ1) is 18.7. The molecule has 5 heteroatoms. The highest BCUT2D eigenvalue weighted by Gasteiger charge is 2.33. The Morgan fingerprint density at radius 2 is 2.07 bits per heavy atom. The lowest BCUT2D eigenvalue weighted by Crippen LogP contribution is -2.34. The maximum absolute atomic E-state index is 12.8. The number of rotatable bonds is 5. The van der Waals surface area contributed by atoms with Crippen molar-refractivity contribution in [3.05, 3.63) is 75.5 Å². The van der Waals surface area contributed by atoms with Gasteiger partial charge in [-0.3, -0.25) is 9.59 Å². The van der Waals surface area contributed by atoms with Crippen molar-refractivity contribution in [2.24, 2.45) is 5.92 Å². The van der Waals surface area contributed by atoms with E-state index in [1.54, 1.807) is 0 Å². The second-order valence-corrected chi connectivity index (χ2v) is 7.89. The number of likely N-dealkylation sites (tertiary alicyclic amines) is 1. The quantitative estimate of drug-likeness (QED) is 0.808. The summed E-state index contributed by atoms with van der Waals surface area (Å²) in [6.45, 7) is 2.63. The highest BCUT2D eigenvalue weighted by atomic mass is 16.2. The molecule has 1 aromatic carbocycles. The van der Waals surface area contributed by atoms with Gasteiger partial charge < -0.3 is 9.88 Å². The van der Waals surface area contributed by atoms with Crippen LogP contribution >= 0.6 is 0 Å². The van der Waals surface area contributed by atoms with E-state index in [9.17, 15) is 9.59 Å². The molecule has 5 nitrogen and oxygen atoms in total. The van der Waals surface area contributed by atoms with Gasteiger partial charge in [0.1, 0.15) is 5.82 Å². The summed E-state index contributed by atoms with van der Waals surface area (Å²) >= 11 is 0. The van der Waals surface area contributed by atoms with E-state index < -0.39 is 0 Å². The zero-order valence-electron chi connectivity index (χ0n) is 16.4. The molecule has 1 saturated heterocycles. The number of aryl methyl sites for hydroxylation is 1. The van der Waals surface area contributed by atoms with Crippen LogP contribution in [0.5, 0.6) is 0 Å². The number of aromatic nitrogens is 2. The Labute approximate surface area is 165 Å². The van der Waals surface area contributed by atoms with Crippen LogP contribution in [-0.2, 0) is 11.2 Å². The number of carbonyl (C=O) groups is 1. The van der Waals surface area contributed by atoms with Crippen molar-refractivity contribution < 1.29 is 4.79 Å². The van der Waals surface area contributed by atoms with Gasteiger partial charge in [0.05, 0.1) is 6.04 Å². The standard InChI is InChI=1S/C23H27N3O2/c1-16-19(14-17-8-3-2-4-9-17)23(28)25-22(24-16)20-12-7-13-26(20)21(27)15-18-10-5-6-11-18/h2-5,8-10,18,20H,6-7,11-15H2,1H3,(H,24,25,28). The van der Waals surface area contributed by atoms with Crippen molar-refractivity contribution in [1.29, 1.82) is 0 Å². The zero-order valence-corrected chi connectivity index (χ0v) is 16.4. The van der Waals surface area contributed by atoms with Crippen LogP contribution in [0.3, 0.4) is 0 Å². The molecule has 1 aromatic heterocycles. The number of nitrogens with one attached hydrogen (secondary N) is 1. The third kappa shape index (κ3) is 3.93. The fraction of sp³-hybridized carbons (Fsp3) is 0.435. The summed E-state index contributed by atoms with van der Waals surface area (Å²) < 4.78 is 0. The van der Waals surface area contributed by atoms with E-state index in [1.807, 2.05) is 42.2 Å². The molecular formula is C23H27N3O2. The van der Waals surface area contributed by atoms with E-state index in [-0.39, 0.29) is 17.5 Å². The normalized spacial score (nSPS) is 21.4. The smallest absolute Gasteiger partial charge is 0.254 e. The molecule has 146 valence electrons. The van der Waals surface area contributed by atoms with Gasteiger partial charge in [-0.05, 0) is 44.1 Å². The summed E-state index contributed by atoms with van der Waals surface area (Å²) in [5, 5.41) is 0. The van der Waals surface area contributed by atoms with E-state index in [0.29, 0.717) is 30.1 Å². The van der Waals surface area contributed by atoms with Crippen LogP contribution < -0.4 is 5.56 Å². The molecule has 2 unspecified atom stereocenters. The van der Waals surface area contributed by atoms with Crippen LogP contribution in [-0.4, -0.2) is 27.3 Å². The first-order chi connectivity index (χ1) is 13.6. The number of hydrogen-bond acceptors (Lipinski definition) is 3. The minimum absolute atomic E-state index is 0.0932. The van der Waals surface area contributed by atoms with Gasteiger partial charge in [0.15, 0.2) is 0 Å². The third-order valence-electron chi connectivity index (χ3n) is 5.90. The molecule has 0 radical (unpaired) electrons. The predicted molar refractivity (Wildman–Crippen MR) is 109 cm³/mol. The monoisotopic (exact) mass is 377 g/mol. The molecular weight excluding hydrogens is 350 g/mol. The number of H-pyrrole nitrogens is 1. The average molecular weight is 377 g/mol. The topological polar surface area (TPSA) is 66.1 Å². The Kier molecular flexibility index (Phi) is 5.42. The molecule has 2 aliphatic rings. The lowest BCUT2D eigenvalue weighted by molar-refractivity contribution is -0.133. The van der Waals surface area contributed by atoms with Gasteiger partial charge in [-0.2, -0.15) is 0 Å². The maximum Gasteiger partial charge on any atom is 0.254 e. The molecule has 0 saturated carbocycles. The molecule has 0 spiro atoms. The number of carbonyl (C=O) groups excluding carboxylic acids is 1. The summed E-state index contributed by atoms with van der Waals surface area (Å²) in [6.07, 6.45) is 9.38. The van der Waals surface area contributed by atoms with Gasteiger partial charge in [0.2, 0.25) is 5.91 Å². The summed E-state index contributed by atoms with van der Waals surface area (Å²) in [4.78, 5) is 35.2. The van der Waals surface area contributed by atoms with Crippen LogP contribution in [0.1, 0.15) is 60.8 Å². The zero-order chi connectivity index (χ0) is 19.5. The van der Waals surface area contributed by atoms with Crippen molar-refractivity contribution in [3.8, 4) is 0 Å². The Morgan fingerprint density at radius 3 is 2.79 bits per heavy atom. The largest absolute Gasteiger partial charge is 0.332 e. The average Bonchev–Trinajstić information content (AvgIpc) is 3.37. The fourth-order valence-corrected chi connectivity index (χ4v) is 4.35. The SMILES string of the molecule is Cc1nc(C2CCCN2C(=O)CC2C=CCC2)[nH]c(=O)c1Cc1ccccc1. The fourth-order valence-electron chi connectivity index (χ4n) is 4.35. The number of allylic oxidation sites excluding steroid dienone is 2. The van der Waals surface area contributed by atoms with Crippen LogP contribution in [0.15, 0.2) is 47.3 Å². The minimum Gasteiger partial charge on any atom is -0.332 e. The Morgan fingerprint density at radius 1 is 1.25 bits per heavy atom. The Hall–Kier alpha value is -2.69. The van der Waals surface area contributed by atoms with Crippen molar-refractivity contribution in [3.63, 3.8) is 0 Å². The van der Waals surface area contributed by atoms with E-state index in [4.69, 9.17) is 4.98 Å². The molecule has 28 heavy (non-hydrogen) atoms. The van der Waals surface area contributed by atoms with Crippen LogP contribution in [0.25, 0.3) is 0 Å². The highest BCUT2D eigenvalue weighted by molar-refractivity contribution is 5.77. The van der Waals surface area contributed by atoms with Crippen molar-refractivity contribution in [2.45, 2.75) is 51.5 Å². The van der Waals surface area contributed by atoms with Gasteiger partial charge in [-0.1, -0.05) is 42.5 Å². The lowest BCUT2D eigenvalue weighted by atomic mass is 10.0. The number of aromatic amines is 1. The molecule has 1 aliphatic heterocycles. The molecule has 1 aliphatic carbocycles. The minimum atomic E-state index is -0.116.